The first-order valence-electron chi connectivity index (χ1n) is 8.83. The Balaban J connectivity index is 1.64. The summed E-state index contributed by atoms with van der Waals surface area (Å²) in [5.74, 6) is 0.850. The maximum Gasteiger partial charge on any atom is 0.311 e. The van der Waals surface area contributed by atoms with Gasteiger partial charge in [-0.3, -0.25) is 21.0 Å². The molecular formula is C19H14N10O2. The number of imidazole rings is 1. The highest BCUT2D eigenvalue weighted by atomic mass is 16.6. The first-order chi connectivity index (χ1) is 15.0. The Hall–Kier alpha value is -5.05. The van der Waals surface area contributed by atoms with E-state index in [2.05, 4.69) is 40.6 Å². The van der Waals surface area contributed by atoms with E-state index in [-0.39, 0.29) is 23.3 Å². The standard InChI is InChI=1S/C19H14N10O2/c1-21-12-4-2-11(3-5-12)16-13(18-22-8-9-23-18)10-24-19(26-16)28-27-15-7-6-14(29(30)31)17(20)25-15/h2-10H,(H,22,23)(H3,20,25,27)(H,24,26,28). The van der Waals surface area contributed by atoms with Gasteiger partial charge in [0, 0.05) is 24.7 Å². The summed E-state index contributed by atoms with van der Waals surface area (Å²) in [4.78, 5) is 33.7. The van der Waals surface area contributed by atoms with E-state index in [0.29, 0.717) is 22.8 Å². The Bertz CT molecular complexity index is 1280. The van der Waals surface area contributed by atoms with E-state index in [0.717, 1.165) is 5.56 Å². The Morgan fingerprint density at radius 3 is 2.55 bits per heavy atom. The van der Waals surface area contributed by atoms with Gasteiger partial charge in [0.15, 0.2) is 5.69 Å². The molecule has 0 saturated carbocycles. The van der Waals surface area contributed by atoms with Crippen LogP contribution in [0, 0.1) is 16.7 Å². The first kappa shape index (κ1) is 19.3. The molecule has 152 valence electrons. The summed E-state index contributed by atoms with van der Waals surface area (Å²) in [6, 6.07) is 9.63. The zero-order valence-corrected chi connectivity index (χ0v) is 15.8. The minimum Gasteiger partial charge on any atom is -0.378 e. The quantitative estimate of drug-likeness (QED) is 0.210. The Morgan fingerprint density at radius 2 is 1.90 bits per heavy atom. The zero-order valence-electron chi connectivity index (χ0n) is 15.8. The van der Waals surface area contributed by atoms with Gasteiger partial charge in [-0.25, -0.2) is 24.8 Å². The van der Waals surface area contributed by atoms with Gasteiger partial charge >= 0.3 is 5.69 Å². The van der Waals surface area contributed by atoms with Crippen LogP contribution in [0.1, 0.15) is 0 Å². The lowest BCUT2D eigenvalue weighted by atomic mass is 10.1. The number of hydrogen-bond donors (Lipinski definition) is 4. The van der Waals surface area contributed by atoms with Gasteiger partial charge in [-0.05, 0) is 11.6 Å². The molecule has 0 aliphatic carbocycles. The SMILES string of the molecule is [C-]#[N+]c1ccc(-c2nc(NNc3ccc([N+](=O)[O-])c(N)n3)ncc2-c2ncc[nH]2)cc1. The number of hydrazine groups is 1. The normalized spacial score (nSPS) is 10.3. The number of rotatable bonds is 6. The van der Waals surface area contributed by atoms with Crippen LogP contribution in [0.4, 0.5) is 29.0 Å². The van der Waals surface area contributed by atoms with Crippen LogP contribution in [-0.4, -0.2) is 29.8 Å². The highest BCUT2D eigenvalue weighted by Crippen LogP contribution is 2.30. The third kappa shape index (κ3) is 4.05. The molecule has 0 aliphatic heterocycles. The van der Waals surface area contributed by atoms with Gasteiger partial charge in [-0.15, -0.1) is 0 Å². The molecule has 0 unspecified atom stereocenters. The number of pyridine rings is 1. The van der Waals surface area contributed by atoms with Gasteiger partial charge in [0.25, 0.3) is 0 Å². The molecule has 0 spiro atoms. The third-order valence-corrected chi connectivity index (χ3v) is 4.21. The highest BCUT2D eigenvalue weighted by Gasteiger charge is 2.15. The van der Waals surface area contributed by atoms with Crippen LogP contribution in [-0.2, 0) is 0 Å². The van der Waals surface area contributed by atoms with Crippen molar-refractivity contribution >= 4 is 29.0 Å². The van der Waals surface area contributed by atoms with Crippen molar-refractivity contribution in [1.82, 2.24) is 24.9 Å². The van der Waals surface area contributed by atoms with Gasteiger partial charge in [0.05, 0.1) is 22.8 Å². The second-order valence-corrected chi connectivity index (χ2v) is 6.16. The Labute approximate surface area is 175 Å². The topological polar surface area (TPSA) is 165 Å². The maximum absolute atomic E-state index is 10.9. The number of nitro groups is 1. The molecule has 3 heterocycles. The van der Waals surface area contributed by atoms with Crippen LogP contribution >= 0.6 is 0 Å². The number of nitrogens with zero attached hydrogens (tertiary/aromatic N) is 6. The molecule has 5 N–H and O–H groups in total. The van der Waals surface area contributed by atoms with Crippen LogP contribution in [0.15, 0.2) is 55.0 Å². The minimum atomic E-state index is -0.610. The van der Waals surface area contributed by atoms with Gasteiger partial charge in [0.1, 0.15) is 11.6 Å². The molecule has 12 heteroatoms. The number of H-pyrrole nitrogens is 1. The van der Waals surface area contributed by atoms with Gasteiger partial charge in [-0.2, -0.15) is 0 Å². The molecule has 4 aromatic rings. The van der Waals surface area contributed by atoms with E-state index in [9.17, 15) is 10.1 Å². The van der Waals surface area contributed by atoms with Crippen LogP contribution in [0.3, 0.4) is 0 Å². The molecule has 0 saturated heterocycles. The largest absolute Gasteiger partial charge is 0.378 e. The number of aromatic amines is 1. The lowest BCUT2D eigenvalue weighted by Gasteiger charge is -2.12. The van der Waals surface area contributed by atoms with Crippen LogP contribution < -0.4 is 16.6 Å². The van der Waals surface area contributed by atoms with E-state index in [4.69, 9.17) is 12.3 Å². The molecule has 3 aromatic heterocycles. The summed E-state index contributed by atoms with van der Waals surface area (Å²) >= 11 is 0. The second-order valence-electron chi connectivity index (χ2n) is 6.16. The van der Waals surface area contributed by atoms with Crippen LogP contribution in [0.2, 0.25) is 0 Å². The van der Waals surface area contributed by atoms with Crippen molar-refractivity contribution in [3.63, 3.8) is 0 Å². The van der Waals surface area contributed by atoms with Crippen molar-refractivity contribution < 1.29 is 4.92 Å². The molecule has 0 fully saturated rings. The molecule has 0 radical (unpaired) electrons. The monoisotopic (exact) mass is 414 g/mol. The predicted octanol–water partition coefficient (Wildman–Crippen LogP) is 3.41. The van der Waals surface area contributed by atoms with Gasteiger partial charge < -0.3 is 10.7 Å². The lowest BCUT2D eigenvalue weighted by molar-refractivity contribution is -0.384. The number of benzene rings is 1. The highest BCUT2D eigenvalue weighted by molar-refractivity contribution is 5.78. The van der Waals surface area contributed by atoms with Crippen molar-refractivity contribution in [1.29, 1.82) is 0 Å². The second kappa shape index (κ2) is 8.13. The molecule has 31 heavy (non-hydrogen) atoms. The molecule has 0 aliphatic rings. The summed E-state index contributed by atoms with van der Waals surface area (Å²) in [7, 11) is 0. The van der Waals surface area contributed by atoms with Crippen molar-refractivity contribution in [2.45, 2.75) is 0 Å². The van der Waals surface area contributed by atoms with E-state index in [1.165, 1.54) is 12.1 Å². The van der Waals surface area contributed by atoms with Gasteiger partial charge in [-0.1, -0.05) is 24.3 Å². The number of nitrogens with one attached hydrogen (secondary N) is 3. The van der Waals surface area contributed by atoms with Crippen molar-refractivity contribution in [3.8, 4) is 22.6 Å². The molecule has 0 amide bonds. The van der Waals surface area contributed by atoms with E-state index < -0.39 is 4.92 Å². The number of nitrogens with two attached hydrogens (primary N) is 1. The summed E-state index contributed by atoms with van der Waals surface area (Å²) in [6.45, 7) is 7.11. The van der Waals surface area contributed by atoms with Crippen molar-refractivity contribution in [2.24, 2.45) is 0 Å². The Kier molecular flexibility index (Phi) is 5.06. The number of anilines is 3. The van der Waals surface area contributed by atoms with Crippen LogP contribution in [0.25, 0.3) is 27.5 Å². The number of nitrogen functional groups attached to an aromatic ring is 1. The summed E-state index contributed by atoms with van der Waals surface area (Å²) in [5, 5.41) is 10.9. The van der Waals surface area contributed by atoms with Gasteiger partial charge in [0.2, 0.25) is 11.8 Å². The van der Waals surface area contributed by atoms with Crippen LogP contribution in [0.5, 0.6) is 0 Å². The fourth-order valence-corrected chi connectivity index (χ4v) is 2.75. The average molecular weight is 414 g/mol. The molecule has 4 rings (SSSR count). The van der Waals surface area contributed by atoms with Crippen molar-refractivity contribution in [3.05, 3.63) is 76.5 Å². The first-order valence-corrected chi connectivity index (χ1v) is 8.83. The zero-order chi connectivity index (χ0) is 21.8. The van der Waals surface area contributed by atoms with Crippen molar-refractivity contribution in [2.75, 3.05) is 16.6 Å². The fourth-order valence-electron chi connectivity index (χ4n) is 2.75. The molecule has 1 aromatic carbocycles. The summed E-state index contributed by atoms with van der Waals surface area (Å²) < 4.78 is 0. The molecular weight excluding hydrogens is 400 g/mol. The fraction of sp³-hybridized carbons (Fsp3) is 0. The molecule has 0 bridgehead atoms. The smallest absolute Gasteiger partial charge is 0.311 e. The molecule has 12 nitrogen and oxygen atoms in total. The lowest BCUT2D eigenvalue weighted by Crippen LogP contribution is -2.14. The van der Waals surface area contributed by atoms with E-state index in [1.54, 1.807) is 42.9 Å². The van der Waals surface area contributed by atoms with E-state index in [1.807, 2.05) is 0 Å². The summed E-state index contributed by atoms with van der Waals surface area (Å²) in [5.41, 5.74) is 13.4. The Morgan fingerprint density at radius 1 is 1.10 bits per heavy atom. The average Bonchev–Trinajstić information content (AvgIpc) is 3.32. The predicted molar refractivity (Wildman–Crippen MR) is 114 cm³/mol. The number of hydrogen-bond acceptors (Lipinski definition) is 9. The molecule has 0 atom stereocenters. The number of aromatic nitrogens is 5. The maximum atomic E-state index is 10.9. The summed E-state index contributed by atoms with van der Waals surface area (Å²) in [6.07, 6.45) is 4.92. The third-order valence-electron chi connectivity index (χ3n) is 4.21. The van der Waals surface area contributed by atoms with E-state index >= 15 is 0 Å². The minimum absolute atomic E-state index is 0.216.